The van der Waals surface area contributed by atoms with Crippen molar-refractivity contribution in [2.24, 2.45) is 0 Å². The Hall–Kier alpha value is -2.57. The van der Waals surface area contributed by atoms with Crippen molar-refractivity contribution in [2.75, 3.05) is 25.3 Å². The molecule has 2 aromatic rings. The minimum Gasteiger partial charge on any atom is -0.497 e. The summed E-state index contributed by atoms with van der Waals surface area (Å²) in [5.41, 5.74) is 5.94. The Morgan fingerprint density at radius 2 is 2.05 bits per heavy atom. The van der Waals surface area contributed by atoms with Crippen molar-refractivity contribution in [1.29, 1.82) is 0 Å². The van der Waals surface area contributed by atoms with E-state index in [9.17, 15) is 4.39 Å². The van der Waals surface area contributed by atoms with E-state index in [0.717, 1.165) is 6.20 Å². The van der Waals surface area contributed by atoms with E-state index in [1.54, 1.807) is 18.2 Å². The molecule has 0 bridgehead atoms. The second-order valence-electron chi connectivity index (χ2n) is 3.62. The molecule has 0 aliphatic carbocycles. The highest BCUT2D eigenvalue weighted by Crippen LogP contribution is 2.31. The summed E-state index contributed by atoms with van der Waals surface area (Å²) in [7, 11) is 3.05. The average molecular weight is 264 g/mol. The number of nitrogens with two attached hydrogens (primary N) is 1. The van der Waals surface area contributed by atoms with Crippen LogP contribution in [0.4, 0.5) is 21.8 Å². The van der Waals surface area contributed by atoms with Crippen LogP contribution >= 0.6 is 0 Å². The van der Waals surface area contributed by atoms with Gasteiger partial charge in [-0.1, -0.05) is 0 Å². The molecule has 0 spiro atoms. The zero-order valence-electron chi connectivity index (χ0n) is 10.5. The zero-order valence-corrected chi connectivity index (χ0v) is 10.5. The van der Waals surface area contributed by atoms with Crippen LogP contribution in [-0.4, -0.2) is 24.2 Å². The molecule has 2 rings (SSSR count). The molecule has 0 unspecified atom stereocenters. The van der Waals surface area contributed by atoms with Gasteiger partial charge in [0.05, 0.1) is 26.1 Å². The lowest BCUT2D eigenvalue weighted by Crippen LogP contribution is -2.03. The predicted octanol–water partition coefficient (Wildman–Crippen LogP) is 1.96. The van der Waals surface area contributed by atoms with E-state index < -0.39 is 5.82 Å². The van der Waals surface area contributed by atoms with E-state index >= 15 is 0 Å². The third-order valence-corrected chi connectivity index (χ3v) is 2.42. The fourth-order valence-electron chi connectivity index (χ4n) is 1.51. The van der Waals surface area contributed by atoms with Crippen LogP contribution in [0.3, 0.4) is 0 Å². The lowest BCUT2D eigenvalue weighted by molar-refractivity contribution is 0.404. The molecule has 1 aromatic heterocycles. The molecule has 0 aliphatic rings. The topological polar surface area (TPSA) is 82.3 Å². The highest BCUT2D eigenvalue weighted by molar-refractivity contribution is 5.66. The Kier molecular flexibility index (Phi) is 3.65. The first-order valence-corrected chi connectivity index (χ1v) is 5.41. The highest BCUT2D eigenvalue weighted by Gasteiger charge is 2.10. The van der Waals surface area contributed by atoms with Crippen LogP contribution in [0, 0.1) is 5.82 Å². The van der Waals surface area contributed by atoms with Crippen LogP contribution in [0.1, 0.15) is 0 Å². The van der Waals surface area contributed by atoms with Crippen LogP contribution in [0.5, 0.6) is 11.5 Å². The molecule has 0 aliphatic heterocycles. The quantitative estimate of drug-likeness (QED) is 0.878. The number of aromatic nitrogens is 2. The number of ether oxygens (including phenoxy) is 2. The molecule has 100 valence electrons. The summed E-state index contributed by atoms with van der Waals surface area (Å²) < 4.78 is 23.8. The van der Waals surface area contributed by atoms with Gasteiger partial charge in [0.1, 0.15) is 11.5 Å². The van der Waals surface area contributed by atoms with Gasteiger partial charge in [-0.15, -0.1) is 0 Å². The summed E-state index contributed by atoms with van der Waals surface area (Å²) in [6, 6.07) is 5.09. The van der Waals surface area contributed by atoms with E-state index in [1.807, 2.05) is 0 Å². The molecular formula is C12H13FN4O2. The maximum absolute atomic E-state index is 13.6. The monoisotopic (exact) mass is 264 g/mol. The Bertz CT molecular complexity index is 592. The number of benzene rings is 1. The molecule has 0 atom stereocenters. The Morgan fingerprint density at radius 3 is 2.74 bits per heavy atom. The van der Waals surface area contributed by atoms with Crippen LogP contribution in [-0.2, 0) is 0 Å². The van der Waals surface area contributed by atoms with Crippen LogP contribution in [0.25, 0.3) is 0 Å². The number of methoxy groups -OCH3 is 2. The van der Waals surface area contributed by atoms with E-state index in [2.05, 4.69) is 15.3 Å². The van der Waals surface area contributed by atoms with E-state index in [-0.39, 0.29) is 11.8 Å². The van der Waals surface area contributed by atoms with Gasteiger partial charge in [-0.25, -0.2) is 9.37 Å². The zero-order chi connectivity index (χ0) is 13.8. The van der Waals surface area contributed by atoms with Gasteiger partial charge in [-0.3, -0.25) is 0 Å². The molecule has 0 fully saturated rings. The average Bonchev–Trinajstić information content (AvgIpc) is 2.42. The molecular weight excluding hydrogens is 251 g/mol. The molecule has 19 heavy (non-hydrogen) atoms. The second-order valence-corrected chi connectivity index (χ2v) is 3.62. The molecule has 0 amide bonds. The molecule has 0 saturated heterocycles. The van der Waals surface area contributed by atoms with Gasteiger partial charge >= 0.3 is 0 Å². The Labute approximate surface area is 109 Å². The van der Waals surface area contributed by atoms with Crippen LogP contribution in [0.15, 0.2) is 24.4 Å². The maximum atomic E-state index is 13.6. The largest absolute Gasteiger partial charge is 0.497 e. The van der Waals surface area contributed by atoms with Gasteiger partial charge < -0.3 is 20.5 Å². The maximum Gasteiger partial charge on any atom is 0.222 e. The van der Waals surface area contributed by atoms with Crippen LogP contribution < -0.4 is 20.5 Å². The van der Waals surface area contributed by atoms with Crippen molar-refractivity contribution >= 4 is 17.5 Å². The number of hydrogen-bond acceptors (Lipinski definition) is 6. The summed E-state index contributed by atoms with van der Waals surface area (Å²) in [4.78, 5) is 7.34. The number of hydrogen-bond donors (Lipinski definition) is 2. The lowest BCUT2D eigenvalue weighted by Gasteiger charge is -2.12. The summed E-state index contributed by atoms with van der Waals surface area (Å²) in [5, 5.41) is 2.80. The van der Waals surface area contributed by atoms with Crippen molar-refractivity contribution in [3.8, 4) is 11.5 Å². The Morgan fingerprint density at radius 1 is 1.26 bits per heavy atom. The number of halogens is 1. The van der Waals surface area contributed by atoms with Gasteiger partial charge in [0.2, 0.25) is 5.95 Å². The molecule has 0 radical (unpaired) electrons. The van der Waals surface area contributed by atoms with E-state index in [0.29, 0.717) is 17.2 Å². The molecule has 1 heterocycles. The van der Waals surface area contributed by atoms with E-state index in [1.165, 1.54) is 14.2 Å². The Balaban J connectivity index is 2.38. The van der Waals surface area contributed by atoms with Crippen molar-refractivity contribution in [3.63, 3.8) is 0 Å². The minimum atomic E-state index is -0.612. The SMILES string of the molecule is COc1ccc(OC)c(Nc2nc(N)ncc2F)c1. The van der Waals surface area contributed by atoms with Gasteiger partial charge in [0.25, 0.3) is 0 Å². The minimum absolute atomic E-state index is 0.0224. The number of nitrogen functional groups attached to an aromatic ring is 1. The van der Waals surface area contributed by atoms with Crippen molar-refractivity contribution in [2.45, 2.75) is 0 Å². The van der Waals surface area contributed by atoms with Crippen molar-refractivity contribution in [3.05, 3.63) is 30.2 Å². The highest BCUT2D eigenvalue weighted by atomic mass is 19.1. The number of nitrogens with one attached hydrogen (secondary N) is 1. The normalized spacial score (nSPS) is 10.1. The summed E-state index contributed by atoms with van der Waals surface area (Å²) >= 11 is 0. The van der Waals surface area contributed by atoms with E-state index in [4.69, 9.17) is 15.2 Å². The van der Waals surface area contributed by atoms with Gasteiger partial charge in [0.15, 0.2) is 11.6 Å². The number of rotatable bonds is 4. The first-order chi connectivity index (χ1) is 9.13. The van der Waals surface area contributed by atoms with Crippen LogP contribution in [0.2, 0.25) is 0 Å². The third-order valence-electron chi connectivity index (χ3n) is 2.42. The molecule has 0 saturated carbocycles. The summed E-state index contributed by atoms with van der Waals surface area (Å²) in [6.45, 7) is 0. The van der Waals surface area contributed by atoms with Crippen molar-refractivity contribution < 1.29 is 13.9 Å². The standard InChI is InChI=1S/C12H13FN4O2/c1-18-7-3-4-10(19-2)9(5-7)16-11-8(13)6-15-12(14)17-11/h3-6H,1-2H3,(H3,14,15,16,17). The second kappa shape index (κ2) is 5.38. The first-order valence-electron chi connectivity index (χ1n) is 5.41. The number of anilines is 3. The summed E-state index contributed by atoms with van der Waals surface area (Å²) in [5.74, 6) is 0.465. The fraction of sp³-hybridized carbons (Fsp3) is 0.167. The molecule has 7 heteroatoms. The predicted molar refractivity (Wildman–Crippen MR) is 69.2 cm³/mol. The third kappa shape index (κ3) is 2.82. The summed E-state index contributed by atoms with van der Waals surface area (Å²) in [6.07, 6.45) is 0.997. The van der Waals surface area contributed by atoms with Gasteiger partial charge in [-0.2, -0.15) is 4.98 Å². The molecule has 6 nitrogen and oxygen atoms in total. The van der Waals surface area contributed by atoms with Gasteiger partial charge in [0, 0.05) is 6.07 Å². The number of nitrogens with zero attached hydrogens (tertiary/aromatic N) is 2. The fourth-order valence-corrected chi connectivity index (χ4v) is 1.51. The molecule has 1 aromatic carbocycles. The van der Waals surface area contributed by atoms with Crippen molar-refractivity contribution in [1.82, 2.24) is 9.97 Å². The van der Waals surface area contributed by atoms with Gasteiger partial charge in [-0.05, 0) is 12.1 Å². The first kappa shape index (κ1) is 12.9. The smallest absolute Gasteiger partial charge is 0.222 e. The molecule has 3 N–H and O–H groups in total. The lowest BCUT2D eigenvalue weighted by atomic mass is 10.2.